The summed E-state index contributed by atoms with van der Waals surface area (Å²) in [6.45, 7) is 5.01. The first-order chi connectivity index (χ1) is 7.74. The van der Waals surface area contributed by atoms with Crippen LogP contribution in [0.2, 0.25) is 0 Å². The van der Waals surface area contributed by atoms with Crippen molar-refractivity contribution >= 4 is 0 Å². The highest BCUT2D eigenvalue weighted by Crippen LogP contribution is 2.35. The van der Waals surface area contributed by atoms with Gasteiger partial charge in [0.25, 0.3) is 0 Å². The van der Waals surface area contributed by atoms with Crippen molar-refractivity contribution in [3.05, 3.63) is 17.5 Å². The van der Waals surface area contributed by atoms with E-state index in [0.29, 0.717) is 18.5 Å². The fourth-order valence-electron chi connectivity index (χ4n) is 2.80. The molecule has 0 aliphatic heterocycles. The molecular weight excluding hydrogens is 198 g/mol. The molecule has 0 radical (unpaired) electrons. The van der Waals surface area contributed by atoms with Crippen LogP contribution in [-0.2, 0) is 6.54 Å². The van der Waals surface area contributed by atoms with Crippen molar-refractivity contribution in [2.45, 2.75) is 64.5 Å². The van der Waals surface area contributed by atoms with Gasteiger partial charge in [-0.1, -0.05) is 19.3 Å². The second-order valence-corrected chi connectivity index (χ2v) is 5.13. The van der Waals surface area contributed by atoms with Crippen LogP contribution in [-0.4, -0.2) is 9.78 Å². The molecule has 0 amide bonds. The standard InChI is InChI=1S/C13H23N3/c1-10(2)16-13(12(8-14)9-15-16)11-6-4-3-5-7-11/h9-11H,3-8,14H2,1-2H3. The Bertz CT molecular complexity index is 335. The average Bonchev–Trinajstić information content (AvgIpc) is 2.73. The van der Waals surface area contributed by atoms with Gasteiger partial charge < -0.3 is 5.73 Å². The third kappa shape index (κ3) is 2.14. The Morgan fingerprint density at radius 2 is 2.06 bits per heavy atom. The number of rotatable bonds is 3. The Morgan fingerprint density at radius 3 is 2.62 bits per heavy atom. The topological polar surface area (TPSA) is 43.8 Å². The largest absolute Gasteiger partial charge is 0.326 e. The molecule has 0 aromatic carbocycles. The zero-order valence-electron chi connectivity index (χ0n) is 10.4. The van der Waals surface area contributed by atoms with Crippen LogP contribution in [0.25, 0.3) is 0 Å². The molecule has 2 N–H and O–H groups in total. The van der Waals surface area contributed by atoms with Crippen molar-refractivity contribution in [1.29, 1.82) is 0 Å². The highest BCUT2D eigenvalue weighted by atomic mass is 15.3. The van der Waals surface area contributed by atoms with E-state index in [1.54, 1.807) is 0 Å². The Morgan fingerprint density at radius 1 is 1.38 bits per heavy atom. The van der Waals surface area contributed by atoms with Crippen molar-refractivity contribution in [2.24, 2.45) is 5.73 Å². The van der Waals surface area contributed by atoms with Gasteiger partial charge in [-0.2, -0.15) is 5.10 Å². The minimum Gasteiger partial charge on any atom is -0.326 e. The maximum absolute atomic E-state index is 5.82. The van der Waals surface area contributed by atoms with Gasteiger partial charge in [0.1, 0.15) is 0 Å². The number of nitrogens with zero attached hydrogens (tertiary/aromatic N) is 2. The van der Waals surface area contributed by atoms with Gasteiger partial charge >= 0.3 is 0 Å². The van der Waals surface area contributed by atoms with Crippen LogP contribution in [0.15, 0.2) is 6.20 Å². The molecule has 90 valence electrons. The molecule has 0 atom stereocenters. The Labute approximate surface area is 98.0 Å². The first-order valence-electron chi connectivity index (χ1n) is 6.50. The fourth-order valence-corrected chi connectivity index (χ4v) is 2.80. The lowest BCUT2D eigenvalue weighted by Crippen LogP contribution is -2.16. The highest BCUT2D eigenvalue weighted by molar-refractivity contribution is 5.22. The Kier molecular flexibility index (Phi) is 3.64. The van der Waals surface area contributed by atoms with Gasteiger partial charge in [-0.25, -0.2) is 0 Å². The maximum atomic E-state index is 5.82. The van der Waals surface area contributed by atoms with E-state index in [1.807, 2.05) is 6.20 Å². The summed E-state index contributed by atoms with van der Waals surface area (Å²) < 4.78 is 2.18. The summed E-state index contributed by atoms with van der Waals surface area (Å²) in [6, 6.07) is 0.442. The van der Waals surface area contributed by atoms with E-state index in [-0.39, 0.29) is 0 Å². The lowest BCUT2D eigenvalue weighted by atomic mass is 9.85. The van der Waals surface area contributed by atoms with Gasteiger partial charge in [0.2, 0.25) is 0 Å². The lowest BCUT2D eigenvalue weighted by molar-refractivity contribution is 0.399. The zero-order chi connectivity index (χ0) is 11.5. The van der Waals surface area contributed by atoms with E-state index < -0.39 is 0 Å². The number of nitrogens with two attached hydrogens (primary N) is 1. The fraction of sp³-hybridized carbons (Fsp3) is 0.769. The quantitative estimate of drug-likeness (QED) is 0.852. The van der Waals surface area contributed by atoms with Crippen molar-refractivity contribution in [3.63, 3.8) is 0 Å². The van der Waals surface area contributed by atoms with Crippen LogP contribution in [0.4, 0.5) is 0 Å². The normalized spacial score (nSPS) is 18.2. The van der Waals surface area contributed by atoms with E-state index in [2.05, 4.69) is 23.6 Å². The van der Waals surface area contributed by atoms with E-state index in [0.717, 1.165) is 0 Å². The van der Waals surface area contributed by atoms with Gasteiger partial charge in [-0.05, 0) is 26.7 Å². The van der Waals surface area contributed by atoms with Crippen LogP contribution in [0.1, 0.15) is 69.2 Å². The van der Waals surface area contributed by atoms with E-state index in [4.69, 9.17) is 5.73 Å². The second kappa shape index (κ2) is 5.00. The molecule has 0 saturated heterocycles. The van der Waals surface area contributed by atoms with E-state index in [1.165, 1.54) is 43.4 Å². The molecule has 1 fully saturated rings. The molecule has 1 aliphatic rings. The van der Waals surface area contributed by atoms with Crippen LogP contribution in [0.5, 0.6) is 0 Å². The first-order valence-corrected chi connectivity index (χ1v) is 6.50. The summed E-state index contributed by atoms with van der Waals surface area (Å²) in [6.07, 6.45) is 8.70. The molecule has 16 heavy (non-hydrogen) atoms. The summed E-state index contributed by atoms with van der Waals surface area (Å²) in [5.74, 6) is 0.692. The van der Waals surface area contributed by atoms with Crippen LogP contribution < -0.4 is 5.73 Å². The molecule has 3 nitrogen and oxygen atoms in total. The van der Waals surface area contributed by atoms with Gasteiger partial charge in [0, 0.05) is 29.8 Å². The van der Waals surface area contributed by atoms with Crippen LogP contribution in [0.3, 0.4) is 0 Å². The molecular formula is C13H23N3. The highest BCUT2D eigenvalue weighted by Gasteiger charge is 2.23. The maximum Gasteiger partial charge on any atom is 0.0537 e. The number of aromatic nitrogens is 2. The summed E-state index contributed by atoms with van der Waals surface area (Å²) >= 11 is 0. The van der Waals surface area contributed by atoms with E-state index >= 15 is 0 Å². The SMILES string of the molecule is CC(C)n1ncc(CN)c1C1CCCCC1. The van der Waals surface area contributed by atoms with Crippen molar-refractivity contribution in [1.82, 2.24) is 9.78 Å². The van der Waals surface area contributed by atoms with Crippen molar-refractivity contribution in [2.75, 3.05) is 0 Å². The monoisotopic (exact) mass is 221 g/mol. The summed E-state index contributed by atoms with van der Waals surface area (Å²) in [4.78, 5) is 0. The third-order valence-corrected chi connectivity index (χ3v) is 3.61. The number of hydrogen-bond acceptors (Lipinski definition) is 2. The van der Waals surface area contributed by atoms with Crippen LogP contribution >= 0.6 is 0 Å². The molecule has 1 heterocycles. The number of hydrogen-bond donors (Lipinski definition) is 1. The lowest BCUT2D eigenvalue weighted by Gasteiger charge is -2.25. The molecule has 1 aromatic heterocycles. The van der Waals surface area contributed by atoms with Gasteiger partial charge in [-0.15, -0.1) is 0 Å². The third-order valence-electron chi connectivity index (χ3n) is 3.61. The second-order valence-electron chi connectivity index (χ2n) is 5.13. The predicted octanol–water partition coefficient (Wildman–Crippen LogP) is 2.97. The molecule has 2 rings (SSSR count). The van der Waals surface area contributed by atoms with Crippen molar-refractivity contribution < 1.29 is 0 Å². The summed E-state index contributed by atoms with van der Waals surface area (Å²) in [7, 11) is 0. The average molecular weight is 221 g/mol. The molecule has 3 heteroatoms. The molecule has 1 aromatic rings. The van der Waals surface area contributed by atoms with Crippen LogP contribution in [0, 0.1) is 0 Å². The summed E-state index contributed by atoms with van der Waals surface area (Å²) in [5.41, 5.74) is 8.48. The molecule has 1 saturated carbocycles. The van der Waals surface area contributed by atoms with Gasteiger partial charge in [0.05, 0.1) is 6.20 Å². The van der Waals surface area contributed by atoms with E-state index in [9.17, 15) is 0 Å². The zero-order valence-corrected chi connectivity index (χ0v) is 10.4. The Hall–Kier alpha value is -0.830. The molecule has 0 spiro atoms. The first kappa shape index (κ1) is 11.6. The predicted molar refractivity (Wildman–Crippen MR) is 66.3 cm³/mol. The van der Waals surface area contributed by atoms with Gasteiger partial charge in [-0.3, -0.25) is 4.68 Å². The molecule has 1 aliphatic carbocycles. The molecule has 0 unspecified atom stereocenters. The smallest absolute Gasteiger partial charge is 0.0537 e. The summed E-state index contributed by atoms with van der Waals surface area (Å²) in [5, 5.41) is 4.50. The minimum absolute atomic E-state index is 0.442. The minimum atomic E-state index is 0.442. The molecule has 0 bridgehead atoms. The Balaban J connectivity index is 2.31. The van der Waals surface area contributed by atoms with Crippen molar-refractivity contribution in [3.8, 4) is 0 Å². The van der Waals surface area contributed by atoms with Gasteiger partial charge in [0.15, 0.2) is 0 Å².